The van der Waals surface area contributed by atoms with Gasteiger partial charge in [-0.2, -0.15) is 9.61 Å². The van der Waals surface area contributed by atoms with E-state index >= 15 is 0 Å². The molecule has 3 aromatic rings. The van der Waals surface area contributed by atoms with Crippen LogP contribution in [0, 0.1) is 5.82 Å². The van der Waals surface area contributed by atoms with Crippen molar-refractivity contribution < 1.29 is 22.3 Å². The smallest absolute Gasteiger partial charge is 0.410 e. The molecule has 4 rings (SSSR count). The number of sulfone groups is 1. The Morgan fingerprint density at radius 2 is 1.97 bits per heavy atom. The minimum absolute atomic E-state index is 0.0661. The molecule has 0 radical (unpaired) electrons. The highest BCUT2D eigenvalue weighted by atomic mass is 32.2. The van der Waals surface area contributed by atoms with E-state index in [4.69, 9.17) is 4.74 Å². The van der Waals surface area contributed by atoms with Gasteiger partial charge < -0.3 is 15.0 Å². The first-order chi connectivity index (χ1) is 15.6. The highest BCUT2D eigenvalue weighted by Crippen LogP contribution is 2.31. The molecule has 0 spiro atoms. The Hall–Kier alpha value is -3.28. The molecule has 1 aliphatic rings. The zero-order valence-electron chi connectivity index (χ0n) is 18.5. The van der Waals surface area contributed by atoms with Gasteiger partial charge in [-0.3, -0.25) is 0 Å². The number of rotatable bonds is 5. The number of fused-ring (bicyclic) bond motifs is 1. The van der Waals surface area contributed by atoms with Crippen LogP contribution in [0.5, 0.6) is 0 Å². The van der Waals surface area contributed by atoms with E-state index in [0.717, 1.165) is 30.7 Å². The second kappa shape index (κ2) is 8.93. The maximum absolute atomic E-state index is 14.5. The maximum atomic E-state index is 14.5. The molecule has 33 heavy (non-hydrogen) atoms. The summed E-state index contributed by atoms with van der Waals surface area (Å²) in [4.78, 5) is 22.2. The molecule has 1 fully saturated rings. The third-order valence-electron chi connectivity index (χ3n) is 5.48. The average molecular weight is 477 g/mol. The number of carbonyl (C=O) groups excluding carboxylic acids is 1. The van der Waals surface area contributed by atoms with Crippen LogP contribution in [0.3, 0.4) is 0 Å². The molecule has 1 aromatic carbocycles. The van der Waals surface area contributed by atoms with Crippen molar-refractivity contribution in [3.05, 3.63) is 42.1 Å². The second-order valence-electron chi connectivity index (χ2n) is 8.27. The van der Waals surface area contributed by atoms with Gasteiger partial charge >= 0.3 is 6.09 Å². The van der Waals surface area contributed by atoms with Crippen LogP contribution in [0.4, 0.5) is 20.8 Å². The van der Waals surface area contributed by atoms with Crippen molar-refractivity contribution in [2.45, 2.75) is 43.6 Å². The molecule has 0 bridgehead atoms. The summed E-state index contributed by atoms with van der Waals surface area (Å²) in [7, 11) is -3.52. The predicted octanol–water partition coefficient (Wildman–Crippen LogP) is 3.13. The zero-order valence-corrected chi connectivity index (χ0v) is 19.3. The lowest BCUT2D eigenvalue weighted by Crippen LogP contribution is -2.39. The zero-order chi connectivity index (χ0) is 23.8. The largest absolute Gasteiger partial charge is 0.447 e. The summed E-state index contributed by atoms with van der Waals surface area (Å²) in [5.74, 6) is -0.327. The van der Waals surface area contributed by atoms with Crippen LogP contribution in [-0.4, -0.2) is 64.4 Å². The van der Waals surface area contributed by atoms with E-state index in [1.54, 1.807) is 11.1 Å². The Morgan fingerprint density at radius 1 is 1.24 bits per heavy atom. The molecular formula is C21H25FN6O4S. The number of ether oxygens (including phenoxy) is 1. The average Bonchev–Trinajstić information content (AvgIpc) is 3.19. The first-order valence-corrected chi connectivity index (χ1v) is 12.4. The van der Waals surface area contributed by atoms with Gasteiger partial charge in [-0.05, 0) is 50.8 Å². The van der Waals surface area contributed by atoms with E-state index in [1.165, 1.54) is 23.0 Å². The fourth-order valence-corrected chi connectivity index (χ4v) is 4.44. The van der Waals surface area contributed by atoms with Crippen LogP contribution < -0.4 is 5.32 Å². The number of amides is 1. The summed E-state index contributed by atoms with van der Waals surface area (Å²) in [6.07, 6.45) is 5.11. The number of hydrogen-bond acceptors (Lipinski definition) is 8. The number of nitrogens with zero attached hydrogens (tertiary/aromatic N) is 5. The predicted molar refractivity (Wildman–Crippen MR) is 119 cm³/mol. The summed E-state index contributed by atoms with van der Waals surface area (Å²) < 4.78 is 44.5. The lowest BCUT2D eigenvalue weighted by molar-refractivity contribution is 0.0692. The van der Waals surface area contributed by atoms with Gasteiger partial charge in [0, 0.05) is 24.9 Å². The van der Waals surface area contributed by atoms with E-state index in [9.17, 15) is 17.6 Å². The normalized spacial score (nSPS) is 15.2. The number of halogens is 1. The van der Waals surface area contributed by atoms with Crippen LogP contribution in [0.1, 0.15) is 38.2 Å². The molecule has 0 saturated carbocycles. The van der Waals surface area contributed by atoms with Crippen LogP contribution in [-0.2, 0) is 14.6 Å². The van der Waals surface area contributed by atoms with Gasteiger partial charge in [0.15, 0.2) is 15.5 Å². The molecule has 1 amide bonds. The highest BCUT2D eigenvalue weighted by molar-refractivity contribution is 7.90. The van der Waals surface area contributed by atoms with Crippen molar-refractivity contribution in [2.75, 3.05) is 24.7 Å². The topological polar surface area (TPSA) is 119 Å². The first-order valence-electron chi connectivity index (χ1n) is 10.5. The Kier molecular flexibility index (Phi) is 6.19. The lowest BCUT2D eigenvalue weighted by Gasteiger charge is -2.31. The molecule has 0 atom stereocenters. The Morgan fingerprint density at radius 3 is 2.61 bits per heavy atom. The minimum atomic E-state index is -3.52. The van der Waals surface area contributed by atoms with Crippen molar-refractivity contribution in [1.29, 1.82) is 0 Å². The molecule has 12 heteroatoms. The maximum Gasteiger partial charge on any atom is 0.410 e. The number of anilines is 2. The van der Waals surface area contributed by atoms with Crippen LogP contribution in [0.25, 0.3) is 5.65 Å². The third-order valence-corrected chi connectivity index (χ3v) is 6.59. The quantitative estimate of drug-likeness (QED) is 0.597. The number of piperidine rings is 1. The van der Waals surface area contributed by atoms with E-state index in [0.29, 0.717) is 18.7 Å². The van der Waals surface area contributed by atoms with Gasteiger partial charge in [0.05, 0.1) is 22.9 Å². The number of nitrogens with one attached hydrogen (secondary N) is 1. The van der Waals surface area contributed by atoms with Crippen molar-refractivity contribution in [2.24, 2.45) is 0 Å². The van der Waals surface area contributed by atoms with Gasteiger partial charge in [-0.1, -0.05) is 0 Å². The molecule has 1 saturated heterocycles. The summed E-state index contributed by atoms with van der Waals surface area (Å²) in [5, 5.41) is 7.24. The van der Waals surface area contributed by atoms with Gasteiger partial charge in [-0.25, -0.2) is 27.6 Å². The highest BCUT2D eigenvalue weighted by Gasteiger charge is 2.28. The SMILES string of the molecule is CC(C)OC(=O)N1CCC(c2cnn3c(Nc4ccc(S(C)(=O)=O)cc4F)ncnc23)CC1. The van der Waals surface area contributed by atoms with E-state index in [-0.39, 0.29) is 34.6 Å². The fraction of sp³-hybridized carbons (Fsp3) is 0.429. The fourth-order valence-electron chi connectivity index (χ4n) is 3.80. The molecule has 1 aliphatic heterocycles. The Balaban J connectivity index is 1.53. The molecular weight excluding hydrogens is 451 g/mol. The molecule has 0 unspecified atom stereocenters. The molecule has 176 valence electrons. The molecule has 2 aromatic heterocycles. The standard InChI is InChI=1S/C21H25FN6O4S/c1-13(2)32-21(29)27-8-6-14(7-9-27)16-11-25-28-19(16)23-12-24-20(28)26-18-5-4-15(10-17(18)22)33(3,30)31/h4-5,10-14H,6-9H2,1-3H3,(H,23,24,26). The Bertz CT molecular complexity index is 1290. The molecule has 1 N–H and O–H groups in total. The first kappa shape index (κ1) is 22.9. The number of hydrogen-bond donors (Lipinski definition) is 1. The van der Waals surface area contributed by atoms with Crippen LogP contribution in [0.2, 0.25) is 0 Å². The van der Waals surface area contributed by atoms with Gasteiger partial charge in [0.1, 0.15) is 12.1 Å². The van der Waals surface area contributed by atoms with Gasteiger partial charge in [0.2, 0.25) is 5.95 Å². The summed E-state index contributed by atoms with van der Waals surface area (Å²) >= 11 is 0. The second-order valence-corrected chi connectivity index (χ2v) is 10.3. The van der Waals surface area contributed by atoms with Gasteiger partial charge in [-0.15, -0.1) is 0 Å². The number of carbonyl (C=O) groups is 1. The summed E-state index contributed by atoms with van der Waals surface area (Å²) in [6, 6.07) is 3.63. The molecule has 10 nitrogen and oxygen atoms in total. The van der Waals surface area contributed by atoms with E-state index < -0.39 is 15.7 Å². The van der Waals surface area contributed by atoms with Crippen LogP contribution in [0.15, 0.2) is 35.6 Å². The molecule has 0 aliphatic carbocycles. The van der Waals surface area contributed by atoms with Crippen LogP contribution >= 0.6 is 0 Å². The van der Waals surface area contributed by atoms with E-state index in [2.05, 4.69) is 20.4 Å². The lowest BCUT2D eigenvalue weighted by atomic mass is 9.91. The minimum Gasteiger partial charge on any atom is -0.447 e. The molecule has 3 heterocycles. The number of aromatic nitrogens is 4. The van der Waals surface area contributed by atoms with Crippen molar-refractivity contribution in [3.63, 3.8) is 0 Å². The summed E-state index contributed by atoms with van der Waals surface area (Å²) in [5.41, 5.74) is 1.57. The number of benzene rings is 1. The monoisotopic (exact) mass is 476 g/mol. The third kappa shape index (κ3) is 4.90. The van der Waals surface area contributed by atoms with Crippen molar-refractivity contribution >= 4 is 33.2 Å². The van der Waals surface area contributed by atoms with E-state index in [1.807, 2.05) is 13.8 Å². The van der Waals surface area contributed by atoms with Crippen molar-refractivity contribution in [1.82, 2.24) is 24.5 Å². The Labute approximate surface area is 190 Å². The van der Waals surface area contributed by atoms with Crippen molar-refractivity contribution in [3.8, 4) is 0 Å². The van der Waals surface area contributed by atoms with Gasteiger partial charge in [0.25, 0.3) is 0 Å². The number of likely N-dealkylation sites (tertiary alicyclic amines) is 1. The summed E-state index contributed by atoms with van der Waals surface area (Å²) in [6.45, 7) is 4.78.